The van der Waals surface area contributed by atoms with Crippen LogP contribution < -0.4 is 5.56 Å². The summed E-state index contributed by atoms with van der Waals surface area (Å²) in [4.78, 5) is 37.5. The van der Waals surface area contributed by atoms with Gasteiger partial charge in [-0.1, -0.05) is 30.3 Å². The van der Waals surface area contributed by atoms with Crippen molar-refractivity contribution in [3.05, 3.63) is 62.9 Å². The van der Waals surface area contributed by atoms with Gasteiger partial charge in [0, 0.05) is 22.1 Å². The number of hydrogen-bond donors (Lipinski definition) is 1. The molecule has 0 saturated heterocycles. The smallest absolute Gasteiger partial charge is 0.343 e. The van der Waals surface area contributed by atoms with Crippen LogP contribution in [0.2, 0.25) is 0 Å². The van der Waals surface area contributed by atoms with Gasteiger partial charge >= 0.3 is 5.97 Å². The van der Waals surface area contributed by atoms with Crippen LogP contribution in [-0.2, 0) is 33.1 Å². The van der Waals surface area contributed by atoms with Crippen LogP contribution in [-0.4, -0.2) is 32.4 Å². The number of oxime groups is 1. The summed E-state index contributed by atoms with van der Waals surface area (Å²) in [5.41, 5.74) is 2.21. The Morgan fingerprint density at radius 2 is 1.85 bits per heavy atom. The third-order valence-corrected chi connectivity index (χ3v) is 10.0. The van der Waals surface area contributed by atoms with E-state index in [1.54, 1.807) is 17.6 Å². The Morgan fingerprint density at radius 3 is 2.56 bits per heavy atom. The molecule has 1 N–H and O–H groups in total. The van der Waals surface area contributed by atoms with E-state index >= 15 is 0 Å². The number of rotatable bonds is 4. The first-order valence-corrected chi connectivity index (χ1v) is 14.2. The van der Waals surface area contributed by atoms with Crippen LogP contribution >= 0.6 is 0 Å². The summed E-state index contributed by atoms with van der Waals surface area (Å²) >= 11 is 0. The van der Waals surface area contributed by atoms with E-state index in [9.17, 15) is 14.7 Å². The minimum Gasteiger partial charge on any atom is -0.458 e. The molecule has 3 aromatic rings. The zero-order valence-corrected chi connectivity index (χ0v) is 22.0. The molecule has 2 aliphatic heterocycles. The number of nitrogens with zero attached hydrogens (tertiary/aromatic N) is 3. The van der Waals surface area contributed by atoms with E-state index in [0.717, 1.165) is 59.0 Å². The number of aromatic nitrogens is 2. The van der Waals surface area contributed by atoms with E-state index in [1.165, 1.54) is 19.3 Å². The molecule has 1 atom stereocenters. The zero-order chi connectivity index (χ0) is 26.5. The first-order valence-electron chi connectivity index (χ1n) is 14.2. The number of carbonyl (C=O) groups is 1. The van der Waals surface area contributed by atoms with Crippen molar-refractivity contribution in [2.75, 3.05) is 0 Å². The van der Waals surface area contributed by atoms with Crippen LogP contribution in [0.15, 0.2) is 40.3 Å². The molecule has 200 valence electrons. The molecule has 39 heavy (non-hydrogen) atoms. The fraction of sp³-hybridized carbons (Fsp3) is 0.484. The lowest BCUT2D eigenvalue weighted by atomic mass is 9.54. The van der Waals surface area contributed by atoms with Crippen molar-refractivity contribution in [3.63, 3.8) is 0 Å². The Morgan fingerprint density at radius 1 is 1.13 bits per heavy atom. The van der Waals surface area contributed by atoms with Gasteiger partial charge in [0.2, 0.25) is 0 Å². The molecule has 4 bridgehead atoms. The Hall–Kier alpha value is -3.52. The molecule has 8 nitrogen and oxygen atoms in total. The minimum atomic E-state index is -1.85. The number of esters is 1. The lowest BCUT2D eigenvalue weighted by Crippen LogP contribution is -2.51. The summed E-state index contributed by atoms with van der Waals surface area (Å²) in [5, 5.41) is 16.8. The maximum atomic E-state index is 13.6. The summed E-state index contributed by atoms with van der Waals surface area (Å²) in [6.45, 7) is 1.89. The van der Waals surface area contributed by atoms with Crippen LogP contribution in [0.25, 0.3) is 22.3 Å². The monoisotopic (exact) mass is 525 g/mol. The highest BCUT2D eigenvalue weighted by molar-refractivity contribution is 6.02. The van der Waals surface area contributed by atoms with Crippen molar-refractivity contribution in [2.45, 2.75) is 76.2 Å². The van der Waals surface area contributed by atoms with Crippen LogP contribution in [0.1, 0.15) is 74.1 Å². The van der Waals surface area contributed by atoms with Crippen LogP contribution in [0.4, 0.5) is 0 Å². The highest BCUT2D eigenvalue weighted by atomic mass is 16.6. The van der Waals surface area contributed by atoms with Gasteiger partial charge in [0.25, 0.3) is 5.56 Å². The second kappa shape index (κ2) is 8.01. The number of aliphatic hydroxyl groups is 1. The first kappa shape index (κ1) is 23.4. The van der Waals surface area contributed by atoms with Crippen molar-refractivity contribution in [1.29, 1.82) is 0 Å². The fourth-order valence-electron chi connectivity index (χ4n) is 8.54. The fourth-order valence-corrected chi connectivity index (χ4v) is 8.54. The number of pyridine rings is 2. The second-order valence-electron chi connectivity index (χ2n) is 12.4. The molecule has 4 heterocycles. The van der Waals surface area contributed by atoms with E-state index in [2.05, 4.69) is 5.16 Å². The van der Waals surface area contributed by atoms with Gasteiger partial charge in [0.1, 0.15) is 12.2 Å². The van der Waals surface area contributed by atoms with Crippen molar-refractivity contribution in [2.24, 2.45) is 22.9 Å². The van der Waals surface area contributed by atoms with Gasteiger partial charge in [0.15, 0.2) is 5.60 Å². The molecule has 1 aromatic carbocycles. The number of cyclic esters (lactones) is 1. The quantitative estimate of drug-likeness (QED) is 0.241. The molecule has 4 fully saturated rings. The second-order valence-corrected chi connectivity index (χ2v) is 12.4. The number of benzene rings is 1. The van der Waals surface area contributed by atoms with Crippen LogP contribution in [0, 0.1) is 17.8 Å². The summed E-state index contributed by atoms with van der Waals surface area (Å²) in [5.74, 6) is 1.58. The summed E-state index contributed by atoms with van der Waals surface area (Å²) in [6, 6.07) is 9.64. The molecular weight excluding hydrogens is 494 g/mol. The molecule has 0 spiro atoms. The average Bonchev–Trinajstić information content (AvgIpc) is 3.28. The van der Waals surface area contributed by atoms with Crippen molar-refractivity contribution in [3.8, 4) is 11.4 Å². The molecule has 4 aliphatic carbocycles. The Balaban J connectivity index is 1.24. The third kappa shape index (κ3) is 3.27. The molecule has 4 saturated carbocycles. The topological polar surface area (TPSA) is 103 Å². The number of fused-ring (bicyclic) bond motifs is 5. The highest BCUT2D eigenvalue weighted by Gasteiger charge is 2.53. The number of carbonyl (C=O) groups excluding carboxylic acids is 1. The van der Waals surface area contributed by atoms with E-state index < -0.39 is 11.6 Å². The number of hydrogen-bond acceptors (Lipinski definition) is 7. The van der Waals surface area contributed by atoms with Crippen molar-refractivity contribution >= 4 is 23.1 Å². The van der Waals surface area contributed by atoms with Gasteiger partial charge in [-0.3, -0.25) is 4.79 Å². The van der Waals surface area contributed by atoms with E-state index in [1.807, 2.05) is 30.5 Å². The van der Waals surface area contributed by atoms with Crippen molar-refractivity contribution in [1.82, 2.24) is 9.55 Å². The zero-order valence-electron chi connectivity index (χ0n) is 22.0. The van der Waals surface area contributed by atoms with Crippen LogP contribution in [0.3, 0.4) is 0 Å². The Bertz CT molecular complexity index is 1620. The standard InChI is InChI=1S/C31H31N3O5/c1-2-31(37)24-10-26-27-22(15-34(26)28(35)23(24)16-38-29(31)36)21(20-5-3-4-6-25(20)33-27)14-32-39-30-11-17-7-18(12-30)9-19(8-17)13-30/h3-6,10,14,17-19,37H,2,7-9,11-13,15-16H2,1H3/b32-14+/t17?,18?,19?,30?,31-/m0/s1. The molecule has 0 amide bonds. The van der Waals surface area contributed by atoms with Gasteiger partial charge in [-0.05, 0) is 74.8 Å². The summed E-state index contributed by atoms with van der Waals surface area (Å²) in [6.07, 6.45) is 9.24. The normalized spacial score (nSPS) is 31.8. The maximum Gasteiger partial charge on any atom is 0.343 e. The summed E-state index contributed by atoms with van der Waals surface area (Å²) < 4.78 is 6.88. The maximum absolute atomic E-state index is 13.6. The van der Waals surface area contributed by atoms with Crippen LogP contribution in [0.5, 0.6) is 0 Å². The Kier molecular flexibility index (Phi) is 4.80. The minimum absolute atomic E-state index is 0.110. The molecule has 0 unspecified atom stereocenters. The predicted octanol–water partition coefficient (Wildman–Crippen LogP) is 4.40. The average molecular weight is 526 g/mol. The molecule has 0 radical (unpaired) electrons. The Labute approximate surface area is 225 Å². The van der Waals surface area contributed by atoms with Gasteiger partial charge in [-0.15, -0.1) is 0 Å². The van der Waals surface area contributed by atoms with Crippen molar-refractivity contribution < 1.29 is 19.5 Å². The molecular formula is C31H31N3O5. The molecule has 6 aliphatic rings. The van der Waals surface area contributed by atoms with Gasteiger partial charge in [-0.2, -0.15) is 0 Å². The lowest BCUT2D eigenvalue weighted by Gasteiger charge is -2.54. The van der Waals surface area contributed by atoms with E-state index in [4.69, 9.17) is 14.6 Å². The number of para-hydroxylation sites is 1. The van der Waals surface area contributed by atoms with Gasteiger partial charge < -0.3 is 19.2 Å². The first-order chi connectivity index (χ1) is 18.9. The molecule has 8 heteroatoms. The lowest BCUT2D eigenvalue weighted by molar-refractivity contribution is -0.172. The third-order valence-electron chi connectivity index (χ3n) is 10.0. The largest absolute Gasteiger partial charge is 0.458 e. The van der Waals surface area contributed by atoms with Gasteiger partial charge in [-0.25, -0.2) is 9.78 Å². The van der Waals surface area contributed by atoms with E-state index in [-0.39, 0.29) is 24.2 Å². The molecule has 9 rings (SSSR count). The van der Waals surface area contributed by atoms with Gasteiger partial charge in [0.05, 0.1) is 35.2 Å². The highest BCUT2D eigenvalue weighted by Crippen LogP contribution is 2.57. The summed E-state index contributed by atoms with van der Waals surface area (Å²) in [7, 11) is 0. The molecule has 2 aromatic heterocycles. The SMILES string of the molecule is CC[C@@]1(O)C(=O)OCc2c1cc1n(c2=O)Cc2c-1nc1ccccc1c2/C=N/OC12CC3CC(CC(C3)C1)C2. The number of ether oxygens (including phenoxy) is 1. The predicted molar refractivity (Wildman–Crippen MR) is 144 cm³/mol. The van der Waals surface area contributed by atoms with E-state index in [0.29, 0.717) is 29.1 Å².